The second-order valence-corrected chi connectivity index (χ2v) is 6.46. The number of likely N-dealkylation sites (N-methyl/N-ethyl adjacent to an activating group) is 1. The van der Waals surface area contributed by atoms with Crippen molar-refractivity contribution < 1.29 is 13.9 Å². The molecule has 1 amide bonds. The van der Waals surface area contributed by atoms with Gasteiger partial charge in [-0.3, -0.25) is 9.69 Å². The first-order valence-electron chi connectivity index (χ1n) is 8.11. The number of hydrogen-bond acceptors (Lipinski definition) is 3. The molecule has 1 fully saturated rings. The van der Waals surface area contributed by atoms with E-state index in [1.165, 1.54) is 23.8 Å². The summed E-state index contributed by atoms with van der Waals surface area (Å²) in [6, 6.07) is 14.3. The number of nitrogens with zero attached hydrogens (tertiary/aromatic N) is 2. The van der Waals surface area contributed by atoms with Crippen LogP contribution >= 0.6 is 0 Å². The summed E-state index contributed by atoms with van der Waals surface area (Å²) >= 11 is 0. The van der Waals surface area contributed by atoms with Gasteiger partial charge >= 0.3 is 0 Å². The number of fused-ring (bicyclic) bond motifs is 2. The van der Waals surface area contributed by atoms with E-state index in [1.54, 1.807) is 11.9 Å². The van der Waals surface area contributed by atoms with Crippen molar-refractivity contribution in [3.8, 4) is 5.75 Å². The molecule has 2 atom stereocenters. The number of likely N-dealkylation sites (tertiary alicyclic amines) is 1. The van der Waals surface area contributed by atoms with Crippen LogP contribution < -0.4 is 4.74 Å². The van der Waals surface area contributed by atoms with Gasteiger partial charge in [-0.2, -0.15) is 0 Å². The van der Waals surface area contributed by atoms with Crippen molar-refractivity contribution in [2.24, 2.45) is 0 Å². The summed E-state index contributed by atoms with van der Waals surface area (Å²) in [4.78, 5) is 16.7. The lowest BCUT2D eigenvalue weighted by molar-refractivity contribution is 0.0682. The molecule has 4 nitrogen and oxygen atoms in total. The summed E-state index contributed by atoms with van der Waals surface area (Å²) < 4.78 is 19.6. The van der Waals surface area contributed by atoms with Crippen molar-refractivity contribution in [1.29, 1.82) is 0 Å². The Morgan fingerprint density at radius 3 is 2.75 bits per heavy atom. The summed E-state index contributed by atoms with van der Waals surface area (Å²) in [5, 5.41) is 0. The highest BCUT2D eigenvalue weighted by molar-refractivity contribution is 5.97. The van der Waals surface area contributed by atoms with Gasteiger partial charge in [-0.05, 0) is 17.7 Å². The lowest BCUT2D eigenvalue weighted by Gasteiger charge is -2.25. The average molecular weight is 326 g/mol. The summed E-state index contributed by atoms with van der Waals surface area (Å²) in [5.41, 5.74) is 1.66. The predicted octanol–water partition coefficient (Wildman–Crippen LogP) is 2.54. The van der Waals surface area contributed by atoms with Crippen molar-refractivity contribution in [3.63, 3.8) is 0 Å². The van der Waals surface area contributed by atoms with Gasteiger partial charge in [-0.1, -0.05) is 30.3 Å². The fraction of sp³-hybridized carbons (Fsp3) is 0.316. The number of benzene rings is 2. The van der Waals surface area contributed by atoms with Gasteiger partial charge in [0, 0.05) is 32.7 Å². The molecule has 0 aliphatic carbocycles. The molecule has 2 heterocycles. The Balaban J connectivity index is 1.58. The van der Waals surface area contributed by atoms with E-state index in [-0.39, 0.29) is 23.9 Å². The zero-order valence-corrected chi connectivity index (χ0v) is 13.5. The summed E-state index contributed by atoms with van der Waals surface area (Å²) in [7, 11) is 1.80. The van der Waals surface area contributed by atoms with Crippen molar-refractivity contribution >= 4 is 5.91 Å². The van der Waals surface area contributed by atoms with Crippen LogP contribution in [0.15, 0.2) is 48.5 Å². The van der Waals surface area contributed by atoms with Crippen LogP contribution in [0.25, 0.3) is 0 Å². The second-order valence-electron chi connectivity index (χ2n) is 6.46. The second kappa shape index (κ2) is 5.91. The minimum atomic E-state index is -0.387. The smallest absolute Gasteiger partial charge is 0.257 e. The van der Waals surface area contributed by atoms with Crippen LogP contribution in [0.1, 0.15) is 15.9 Å². The predicted molar refractivity (Wildman–Crippen MR) is 88.4 cm³/mol. The van der Waals surface area contributed by atoms with Gasteiger partial charge in [0.1, 0.15) is 17.7 Å². The molecule has 5 heteroatoms. The normalized spacial score (nSPS) is 23.4. The topological polar surface area (TPSA) is 32.8 Å². The number of rotatable bonds is 2. The van der Waals surface area contributed by atoms with Gasteiger partial charge in [-0.25, -0.2) is 4.39 Å². The zero-order chi connectivity index (χ0) is 16.7. The highest BCUT2D eigenvalue weighted by Crippen LogP contribution is 2.31. The van der Waals surface area contributed by atoms with E-state index in [2.05, 4.69) is 17.0 Å². The molecular formula is C19H19FN2O2. The third-order valence-corrected chi connectivity index (χ3v) is 4.83. The van der Waals surface area contributed by atoms with Crippen molar-refractivity contribution in [2.45, 2.75) is 18.7 Å². The SMILES string of the molecule is CN1C(=O)c2ccc(F)cc2O[C@H]2CN(Cc3ccccc3)C[C@H]21. The van der Waals surface area contributed by atoms with E-state index in [0.29, 0.717) is 17.9 Å². The molecular weight excluding hydrogens is 307 g/mol. The van der Waals surface area contributed by atoms with Gasteiger partial charge in [0.2, 0.25) is 0 Å². The van der Waals surface area contributed by atoms with Crippen LogP contribution in [0.2, 0.25) is 0 Å². The monoisotopic (exact) mass is 326 g/mol. The standard InChI is InChI=1S/C19H19FN2O2/c1-21-16-11-22(10-13-5-3-2-4-6-13)12-18(16)24-17-9-14(20)7-8-15(17)19(21)23/h2-9,16,18H,10-12H2,1H3/t16-,18+/m1/s1. The van der Waals surface area contributed by atoms with Gasteiger partial charge < -0.3 is 9.64 Å². The Morgan fingerprint density at radius 2 is 1.96 bits per heavy atom. The molecule has 1 saturated heterocycles. The first-order valence-corrected chi connectivity index (χ1v) is 8.11. The van der Waals surface area contributed by atoms with E-state index in [4.69, 9.17) is 4.74 Å². The number of halogens is 1. The molecule has 2 aliphatic heterocycles. The highest BCUT2D eigenvalue weighted by Gasteiger charge is 2.42. The van der Waals surface area contributed by atoms with Gasteiger partial charge in [-0.15, -0.1) is 0 Å². The molecule has 124 valence electrons. The molecule has 0 saturated carbocycles. The van der Waals surface area contributed by atoms with Gasteiger partial charge in [0.05, 0.1) is 11.6 Å². The minimum Gasteiger partial charge on any atom is -0.486 e. The van der Waals surface area contributed by atoms with Gasteiger partial charge in [0.15, 0.2) is 0 Å². The van der Waals surface area contributed by atoms with Gasteiger partial charge in [0.25, 0.3) is 5.91 Å². The average Bonchev–Trinajstić information content (AvgIpc) is 2.93. The van der Waals surface area contributed by atoms with Crippen molar-refractivity contribution in [1.82, 2.24) is 9.80 Å². The largest absolute Gasteiger partial charge is 0.486 e. The first-order chi connectivity index (χ1) is 11.6. The Morgan fingerprint density at radius 1 is 1.17 bits per heavy atom. The Bertz CT molecular complexity index is 765. The highest BCUT2D eigenvalue weighted by atomic mass is 19.1. The minimum absolute atomic E-state index is 0.0309. The fourth-order valence-corrected chi connectivity index (χ4v) is 3.57. The molecule has 0 unspecified atom stereocenters. The van der Waals surface area contributed by atoms with Crippen molar-refractivity contribution in [3.05, 3.63) is 65.5 Å². The number of carbonyl (C=O) groups is 1. The number of carbonyl (C=O) groups excluding carboxylic acids is 1. The van der Waals surface area contributed by atoms with E-state index in [9.17, 15) is 9.18 Å². The van der Waals surface area contributed by atoms with Crippen LogP contribution in [0.5, 0.6) is 5.75 Å². The summed E-state index contributed by atoms with van der Waals surface area (Å²) in [5.74, 6) is -0.151. The maximum atomic E-state index is 13.5. The summed E-state index contributed by atoms with van der Waals surface area (Å²) in [6.07, 6.45) is -0.147. The molecule has 0 N–H and O–H groups in total. The third-order valence-electron chi connectivity index (χ3n) is 4.83. The number of hydrogen-bond donors (Lipinski definition) is 0. The van der Waals surface area contributed by atoms with Crippen LogP contribution in [0, 0.1) is 5.82 Å². The molecule has 0 radical (unpaired) electrons. The van der Waals surface area contributed by atoms with Crippen LogP contribution in [0.3, 0.4) is 0 Å². The fourth-order valence-electron chi connectivity index (χ4n) is 3.57. The maximum absolute atomic E-state index is 13.5. The molecule has 0 bridgehead atoms. The third kappa shape index (κ3) is 2.65. The lowest BCUT2D eigenvalue weighted by Crippen LogP contribution is -2.44. The molecule has 2 aromatic carbocycles. The van der Waals surface area contributed by atoms with E-state index >= 15 is 0 Å². The molecule has 24 heavy (non-hydrogen) atoms. The number of ether oxygens (including phenoxy) is 1. The lowest BCUT2D eigenvalue weighted by atomic mass is 10.1. The summed E-state index contributed by atoms with van der Waals surface area (Å²) in [6.45, 7) is 2.28. The van der Waals surface area contributed by atoms with Crippen molar-refractivity contribution in [2.75, 3.05) is 20.1 Å². The maximum Gasteiger partial charge on any atom is 0.257 e. The van der Waals surface area contributed by atoms with E-state index in [0.717, 1.165) is 13.1 Å². The first kappa shape index (κ1) is 15.1. The van der Waals surface area contributed by atoms with E-state index < -0.39 is 0 Å². The van der Waals surface area contributed by atoms with Crippen LogP contribution in [-0.4, -0.2) is 48.0 Å². The Kier molecular flexibility index (Phi) is 3.73. The Hall–Kier alpha value is -2.40. The van der Waals surface area contributed by atoms with E-state index in [1.807, 2.05) is 18.2 Å². The van der Waals surface area contributed by atoms with Crippen LogP contribution in [-0.2, 0) is 6.54 Å². The molecule has 4 rings (SSSR count). The molecule has 2 aliphatic rings. The number of amides is 1. The zero-order valence-electron chi connectivity index (χ0n) is 13.5. The molecule has 0 aromatic heterocycles. The Labute approximate surface area is 140 Å². The quantitative estimate of drug-likeness (QED) is 0.850. The molecule has 2 aromatic rings. The van der Waals surface area contributed by atoms with Crippen LogP contribution in [0.4, 0.5) is 4.39 Å². The molecule has 0 spiro atoms.